The third kappa shape index (κ3) is 9.60. The molecule has 3 rings (SSSR count). The highest BCUT2D eigenvalue weighted by molar-refractivity contribution is 5.91. The smallest absolute Gasteiger partial charge is 0.227 e. The molecule has 3 atom stereocenters. The van der Waals surface area contributed by atoms with Crippen molar-refractivity contribution < 1.29 is 19.1 Å². The van der Waals surface area contributed by atoms with Gasteiger partial charge in [0.15, 0.2) is 0 Å². The SMILES string of the molecule is CCCCC(=O)Nc1cc(CN(C(=O)[C@H]2CNC[C@@H](C(=O)NC(CN=O)CC(C)C)C2)C2CC2)cc(OC)c1. The minimum absolute atomic E-state index is 0.0344. The molecule has 0 bridgehead atoms. The molecular weight excluding hydrogens is 498 g/mol. The average Bonchev–Trinajstić information content (AvgIpc) is 3.75. The van der Waals surface area contributed by atoms with Crippen molar-refractivity contribution in [3.63, 3.8) is 0 Å². The first-order chi connectivity index (χ1) is 18.7. The number of unbranched alkanes of at least 4 members (excludes halogenated alkanes) is 1. The number of hydrogen-bond donors (Lipinski definition) is 3. The monoisotopic (exact) mass is 543 g/mol. The molecule has 1 aromatic carbocycles. The average molecular weight is 544 g/mol. The zero-order chi connectivity index (χ0) is 28.4. The molecule has 1 aliphatic heterocycles. The zero-order valence-electron chi connectivity index (χ0n) is 23.8. The van der Waals surface area contributed by atoms with E-state index < -0.39 is 0 Å². The molecule has 1 saturated carbocycles. The van der Waals surface area contributed by atoms with E-state index in [2.05, 4.69) is 21.1 Å². The van der Waals surface area contributed by atoms with Crippen molar-refractivity contribution in [1.29, 1.82) is 0 Å². The molecule has 2 aliphatic rings. The standard InChI is InChI=1S/C29H45N5O5/c1-5-6-7-27(35)32-23-11-20(12-26(14-23)39-4)18-34(25-8-9-25)29(37)22-13-21(15-30-16-22)28(36)33-24(17-31-38)10-19(2)3/h11-12,14,19,21-22,24-25,30H,5-10,13,15-18H2,1-4H3,(H,32,35)(H,33,36)/t21-,22+,24?/m0/s1. The molecule has 1 saturated heterocycles. The Morgan fingerprint density at radius 3 is 2.54 bits per heavy atom. The quantitative estimate of drug-likeness (QED) is 0.288. The van der Waals surface area contributed by atoms with E-state index in [0.717, 1.165) is 31.2 Å². The topological polar surface area (TPSA) is 129 Å². The Kier molecular flexibility index (Phi) is 11.7. The maximum atomic E-state index is 13.8. The second-order valence-electron chi connectivity index (χ2n) is 11.4. The fourth-order valence-corrected chi connectivity index (χ4v) is 5.19. The van der Waals surface area contributed by atoms with Crippen molar-refractivity contribution in [3.8, 4) is 5.75 Å². The number of benzene rings is 1. The Bertz CT molecular complexity index is 996. The van der Waals surface area contributed by atoms with E-state index in [-0.39, 0.29) is 48.2 Å². The first-order valence-electron chi connectivity index (χ1n) is 14.3. The molecule has 39 heavy (non-hydrogen) atoms. The number of anilines is 1. The van der Waals surface area contributed by atoms with Gasteiger partial charge in [-0.15, -0.1) is 0 Å². The number of nitrogens with one attached hydrogen (secondary N) is 3. The summed E-state index contributed by atoms with van der Waals surface area (Å²) in [6.07, 6.45) is 5.28. The summed E-state index contributed by atoms with van der Waals surface area (Å²) in [4.78, 5) is 51.9. The van der Waals surface area contributed by atoms with Gasteiger partial charge in [-0.3, -0.25) is 14.4 Å². The maximum absolute atomic E-state index is 13.8. The van der Waals surface area contributed by atoms with Crippen LogP contribution in [0.1, 0.15) is 71.3 Å². The Morgan fingerprint density at radius 1 is 1.15 bits per heavy atom. The van der Waals surface area contributed by atoms with Gasteiger partial charge in [-0.2, -0.15) is 4.91 Å². The molecular formula is C29H45N5O5. The Balaban J connectivity index is 1.68. The zero-order valence-corrected chi connectivity index (χ0v) is 23.8. The van der Waals surface area contributed by atoms with Crippen LogP contribution in [0.15, 0.2) is 23.4 Å². The van der Waals surface area contributed by atoms with Crippen LogP contribution >= 0.6 is 0 Å². The summed E-state index contributed by atoms with van der Waals surface area (Å²) in [6.45, 7) is 7.60. The molecule has 216 valence electrons. The highest BCUT2D eigenvalue weighted by atomic mass is 16.5. The summed E-state index contributed by atoms with van der Waals surface area (Å²) in [6, 6.07) is 5.47. The fraction of sp³-hybridized carbons (Fsp3) is 0.690. The number of amides is 3. The lowest BCUT2D eigenvalue weighted by Gasteiger charge is -2.33. The minimum atomic E-state index is -0.350. The maximum Gasteiger partial charge on any atom is 0.227 e. The predicted octanol–water partition coefficient (Wildman–Crippen LogP) is 3.84. The van der Waals surface area contributed by atoms with E-state index in [1.807, 2.05) is 37.8 Å². The summed E-state index contributed by atoms with van der Waals surface area (Å²) in [5.41, 5.74) is 1.54. The lowest BCUT2D eigenvalue weighted by Crippen LogP contribution is -2.51. The first-order valence-corrected chi connectivity index (χ1v) is 14.3. The Labute approximate surface area is 232 Å². The van der Waals surface area contributed by atoms with Crippen LogP contribution in [0.5, 0.6) is 5.75 Å². The number of carbonyl (C=O) groups excluding carboxylic acids is 3. The van der Waals surface area contributed by atoms with Gasteiger partial charge in [-0.1, -0.05) is 32.4 Å². The van der Waals surface area contributed by atoms with Crippen LogP contribution in [0.2, 0.25) is 0 Å². The van der Waals surface area contributed by atoms with E-state index in [1.54, 1.807) is 13.2 Å². The number of rotatable bonds is 15. The number of ether oxygens (including phenoxy) is 1. The van der Waals surface area contributed by atoms with E-state index in [4.69, 9.17) is 4.74 Å². The van der Waals surface area contributed by atoms with Gasteiger partial charge in [-0.05, 0) is 55.7 Å². The molecule has 0 aromatic heterocycles. The first kappa shape index (κ1) is 30.5. The van der Waals surface area contributed by atoms with Crippen molar-refractivity contribution in [2.75, 3.05) is 32.1 Å². The van der Waals surface area contributed by atoms with Gasteiger partial charge >= 0.3 is 0 Å². The van der Waals surface area contributed by atoms with Crippen molar-refractivity contribution in [3.05, 3.63) is 28.7 Å². The van der Waals surface area contributed by atoms with Gasteiger partial charge in [0, 0.05) is 43.9 Å². The normalized spacial score (nSPS) is 19.7. The number of nitrogens with zero attached hydrogens (tertiary/aromatic N) is 2. The third-order valence-corrected chi connectivity index (χ3v) is 7.33. The van der Waals surface area contributed by atoms with Crippen molar-refractivity contribution >= 4 is 23.4 Å². The lowest BCUT2D eigenvalue weighted by molar-refractivity contribution is -0.139. The number of methoxy groups -OCH3 is 1. The molecule has 0 radical (unpaired) electrons. The molecule has 1 heterocycles. The van der Waals surface area contributed by atoms with E-state index in [0.29, 0.717) is 56.3 Å². The van der Waals surface area contributed by atoms with Crippen LogP contribution in [-0.4, -0.2) is 61.4 Å². The number of nitroso groups, excluding NO2 is 1. The summed E-state index contributed by atoms with van der Waals surface area (Å²) in [5.74, 6) is 0.139. The van der Waals surface area contributed by atoms with Crippen molar-refractivity contribution in [2.45, 2.75) is 84.3 Å². The summed E-state index contributed by atoms with van der Waals surface area (Å²) in [7, 11) is 1.58. The Morgan fingerprint density at radius 2 is 1.90 bits per heavy atom. The second-order valence-corrected chi connectivity index (χ2v) is 11.4. The molecule has 10 heteroatoms. The van der Waals surface area contributed by atoms with Crippen LogP contribution in [0.4, 0.5) is 5.69 Å². The van der Waals surface area contributed by atoms with Gasteiger partial charge in [0.25, 0.3) is 0 Å². The van der Waals surface area contributed by atoms with Crippen molar-refractivity contribution in [2.24, 2.45) is 22.9 Å². The molecule has 3 amide bonds. The fourth-order valence-electron chi connectivity index (χ4n) is 5.19. The predicted molar refractivity (Wildman–Crippen MR) is 151 cm³/mol. The van der Waals surface area contributed by atoms with Crippen LogP contribution in [0.3, 0.4) is 0 Å². The van der Waals surface area contributed by atoms with Crippen LogP contribution in [0.25, 0.3) is 0 Å². The summed E-state index contributed by atoms with van der Waals surface area (Å²) < 4.78 is 5.47. The lowest BCUT2D eigenvalue weighted by atomic mass is 9.88. The van der Waals surface area contributed by atoms with Gasteiger partial charge in [0.2, 0.25) is 17.7 Å². The summed E-state index contributed by atoms with van der Waals surface area (Å²) in [5, 5.41) is 12.2. The van der Waals surface area contributed by atoms with Gasteiger partial charge in [0.05, 0.1) is 25.0 Å². The van der Waals surface area contributed by atoms with E-state index in [9.17, 15) is 19.3 Å². The highest BCUT2D eigenvalue weighted by Gasteiger charge is 2.39. The minimum Gasteiger partial charge on any atom is -0.497 e. The molecule has 10 nitrogen and oxygen atoms in total. The second kappa shape index (κ2) is 15.0. The van der Waals surface area contributed by atoms with Crippen LogP contribution in [-0.2, 0) is 20.9 Å². The Hall–Kier alpha value is -3.01. The van der Waals surface area contributed by atoms with Gasteiger partial charge < -0.3 is 25.6 Å². The van der Waals surface area contributed by atoms with Crippen LogP contribution in [0, 0.1) is 22.7 Å². The number of hydrogen-bond acceptors (Lipinski definition) is 7. The van der Waals surface area contributed by atoms with E-state index in [1.165, 1.54) is 0 Å². The third-order valence-electron chi connectivity index (χ3n) is 7.33. The van der Waals surface area contributed by atoms with Crippen molar-refractivity contribution in [1.82, 2.24) is 15.5 Å². The highest BCUT2D eigenvalue weighted by Crippen LogP contribution is 2.33. The van der Waals surface area contributed by atoms with Crippen LogP contribution < -0.4 is 20.7 Å². The number of carbonyl (C=O) groups is 3. The molecule has 3 N–H and O–H groups in total. The van der Waals surface area contributed by atoms with Gasteiger partial charge in [-0.25, -0.2) is 0 Å². The largest absolute Gasteiger partial charge is 0.497 e. The molecule has 0 spiro atoms. The number of piperidine rings is 1. The molecule has 1 aromatic rings. The molecule has 1 unspecified atom stereocenters. The van der Waals surface area contributed by atoms with Gasteiger partial charge in [0.1, 0.15) is 12.3 Å². The molecule has 1 aliphatic carbocycles. The summed E-state index contributed by atoms with van der Waals surface area (Å²) >= 11 is 0. The van der Waals surface area contributed by atoms with E-state index >= 15 is 0 Å². The molecule has 2 fully saturated rings.